The van der Waals surface area contributed by atoms with Crippen LogP contribution in [0.5, 0.6) is 0 Å². The van der Waals surface area contributed by atoms with Gasteiger partial charge in [-0.3, -0.25) is 4.98 Å². The van der Waals surface area contributed by atoms with Crippen LogP contribution >= 0.6 is 0 Å². The number of aromatic nitrogens is 1. The number of nitrogens with zero attached hydrogens (tertiary/aromatic N) is 1. The fraction of sp³-hybridized carbons (Fsp3) is 0.737. The molecule has 1 nitrogen and oxygen atoms in total. The molecule has 0 saturated carbocycles. The zero-order valence-corrected chi connectivity index (χ0v) is 13.8. The first-order chi connectivity index (χ1) is 9.79. The maximum Gasteiger partial charge on any atom is 0.0463 e. The van der Waals surface area contributed by atoms with E-state index < -0.39 is 0 Å². The lowest BCUT2D eigenvalue weighted by Gasteiger charge is -2.18. The highest BCUT2D eigenvalue weighted by Crippen LogP contribution is 2.29. The van der Waals surface area contributed by atoms with E-state index in [2.05, 4.69) is 37.9 Å². The molecule has 1 aromatic heterocycles. The van der Waals surface area contributed by atoms with Crippen molar-refractivity contribution in [2.24, 2.45) is 0 Å². The molecule has 0 fully saturated rings. The van der Waals surface area contributed by atoms with Gasteiger partial charge in [0, 0.05) is 17.8 Å². The molecule has 0 aliphatic carbocycles. The number of pyridine rings is 1. The predicted molar refractivity (Wildman–Crippen MR) is 89.2 cm³/mol. The van der Waals surface area contributed by atoms with Crippen LogP contribution in [-0.2, 0) is 0 Å². The van der Waals surface area contributed by atoms with Crippen molar-refractivity contribution < 1.29 is 0 Å². The molecule has 0 saturated heterocycles. The van der Waals surface area contributed by atoms with Crippen molar-refractivity contribution in [2.45, 2.75) is 90.9 Å². The van der Waals surface area contributed by atoms with Gasteiger partial charge in [-0.05, 0) is 31.4 Å². The second kappa shape index (κ2) is 10.9. The molecule has 0 radical (unpaired) electrons. The minimum atomic E-state index is 0.685. The van der Waals surface area contributed by atoms with Crippen LogP contribution in [0.25, 0.3) is 0 Å². The highest BCUT2D eigenvalue weighted by atomic mass is 14.7. The van der Waals surface area contributed by atoms with Crippen LogP contribution in [0.2, 0.25) is 0 Å². The van der Waals surface area contributed by atoms with Gasteiger partial charge in [0.25, 0.3) is 0 Å². The second-order valence-corrected chi connectivity index (χ2v) is 6.10. The van der Waals surface area contributed by atoms with Crippen molar-refractivity contribution in [1.82, 2.24) is 4.98 Å². The lowest BCUT2D eigenvalue weighted by atomic mass is 9.89. The van der Waals surface area contributed by atoms with Crippen LogP contribution in [0, 0.1) is 6.92 Å². The Kier molecular flexibility index (Phi) is 9.36. The van der Waals surface area contributed by atoms with Gasteiger partial charge in [0.2, 0.25) is 0 Å². The average molecular weight is 275 g/mol. The average Bonchev–Trinajstić information content (AvgIpc) is 2.46. The Hall–Kier alpha value is -0.850. The molecule has 1 aromatic rings. The molecule has 0 N–H and O–H groups in total. The molecule has 0 aromatic carbocycles. The summed E-state index contributed by atoms with van der Waals surface area (Å²) in [7, 11) is 0. The van der Waals surface area contributed by atoms with Crippen LogP contribution in [0.15, 0.2) is 18.3 Å². The summed E-state index contributed by atoms with van der Waals surface area (Å²) in [6, 6.07) is 4.28. The van der Waals surface area contributed by atoms with E-state index in [4.69, 9.17) is 0 Å². The summed E-state index contributed by atoms with van der Waals surface area (Å²) in [5.74, 6) is 0.685. The quantitative estimate of drug-likeness (QED) is 0.425. The number of hydrogen-bond donors (Lipinski definition) is 0. The standard InChI is InChI=1S/C19H33N/c1-4-6-8-10-14-18(15-11-9-7-5-2)19-17(3)13-12-16-20-19/h12-13,16,18H,4-11,14-15H2,1-3H3. The lowest BCUT2D eigenvalue weighted by molar-refractivity contribution is 0.487. The number of unbranched alkanes of at least 4 members (excludes halogenated alkanes) is 6. The Labute approximate surface area is 126 Å². The normalized spacial score (nSPS) is 11.2. The third-order valence-corrected chi connectivity index (χ3v) is 4.25. The monoisotopic (exact) mass is 275 g/mol. The molecule has 0 spiro atoms. The summed E-state index contributed by atoms with van der Waals surface area (Å²) in [6.07, 6.45) is 15.5. The van der Waals surface area contributed by atoms with Gasteiger partial charge < -0.3 is 0 Å². The van der Waals surface area contributed by atoms with Gasteiger partial charge in [-0.2, -0.15) is 0 Å². The Morgan fingerprint density at radius 3 is 2.00 bits per heavy atom. The van der Waals surface area contributed by atoms with Crippen molar-refractivity contribution in [1.29, 1.82) is 0 Å². The van der Waals surface area contributed by atoms with Crippen molar-refractivity contribution in [3.8, 4) is 0 Å². The maximum atomic E-state index is 4.68. The molecular formula is C19H33N. The summed E-state index contributed by atoms with van der Waals surface area (Å²) in [6.45, 7) is 6.78. The zero-order chi connectivity index (χ0) is 14.6. The lowest BCUT2D eigenvalue weighted by Crippen LogP contribution is -2.04. The van der Waals surface area contributed by atoms with E-state index in [1.54, 1.807) is 0 Å². The molecule has 114 valence electrons. The Balaban J connectivity index is 2.52. The van der Waals surface area contributed by atoms with Gasteiger partial charge in [0.15, 0.2) is 0 Å². The molecule has 0 bridgehead atoms. The van der Waals surface area contributed by atoms with E-state index in [1.807, 2.05) is 6.20 Å². The van der Waals surface area contributed by atoms with Gasteiger partial charge >= 0.3 is 0 Å². The molecular weight excluding hydrogens is 242 g/mol. The second-order valence-electron chi connectivity index (χ2n) is 6.10. The first-order valence-corrected chi connectivity index (χ1v) is 8.71. The summed E-state index contributed by atoms with van der Waals surface area (Å²) in [4.78, 5) is 4.68. The Morgan fingerprint density at radius 1 is 0.900 bits per heavy atom. The maximum absolute atomic E-state index is 4.68. The largest absolute Gasteiger partial charge is 0.261 e. The van der Waals surface area contributed by atoms with Crippen LogP contribution in [0.1, 0.15) is 95.2 Å². The Morgan fingerprint density at radius 2 is 1.50 bits per heavy atom. The van der Waals surface area contributed by atoms with Gasteiger partial charge in [0.05, 0.1) is 0 Å². The predicted octanol–water partition coefficient (Wildman–Crippen LogP) is 6.41. The van der Waals surface area contributed by atoms with Crippen molar-refractivity contribution in [2.75, 3.05) is 0 Å². The first kappa shape index (κ1) is 17.2. The van der Waals surface area contributed by atoms with E-state index in [-0.39, 0.29) is 0 Å². The van der Waals surface area contributed by atoms with Gasteiger partial charge in [-0.15, -0.1) is 0 Å². The van der Waals surface area contributed by atoms with E-state index in [1.165, 1.54) is 75.5 Å². The van der Waals surface area contributed by atoms with Gasteiger partial charge in [-0.1, -0.05) is 71.3 Å². The third kappa shape index (κ3) is 6.54. The van der Waals surface area contributed by atoms with Gasteiger partial charge in [0.1, 0.15) is 0 Å². The highest BCUT2D eigenvalue weighted by molar-refractivity contribution is 5.21. The van der Waals surface area contributed by atoms with E-state index >= 15 is 0 Å². The van der Waals surface area contributed by atoms with Crippen molar-refractivity contribution in [3.05, 3.63) is 29.6 Å². The molecule has 1 heteroatoms. The molecule has 0 unspecified atom stereocenters. The van der Waals surface area contributed by atoms with E-state index in [0.717, 1.165) is 0 Å². The smallest absolute Gasteiger partial charge is 0.0463 e. The molecule has 1 heterocycles. The molecule has 1 rings (SSSR count). The van der Waals surface area contributed by atoms with E-state index in [0.29, 0.717) is 5.92 Å². The van der Waals surface area contributed by atoms with E-state index in [9.17, 15) is 0 Å². The third-order valence-electron chi connectivity index (χ3n) is 4.25. The minimum absolute atomic E-state index is 0.685. The summed E-state index contributed by atoms with van der Waals surface area (Å²) in [5.41, 5.74) is 2.74. The molecule has 0 amide bonds. The van der Waals surface area contributed by atoms with Crippen LogP contribution in [0.3, 0.4) is 0 Å². The molecule has 0 aliphatic rings. The zero-order valence-electron chi connectivity index (χ0n) is 13.8. The minimum Gasteiger partial charge on any atom is -0.261 e. The fourth-order valence-corrected chi connectivity index (χ4v) is 2.98. The number of aryl methyl sites for hydroxylation is 1. The summed E-state index contributed by atoms with van der Waals surface area (Å²) < 4.78 is 0. The highest BCUT2D eigenvalue weighted by Gasteiger charge is 2.14. The van der Waals surface area contributed by atoms with Crippen LogP contribution in [-0.4, -0.2) is 4.98 Å². The van der Waals surface area contributed by atoms with Crippen LogP contribution < -0.4 is 0 Å². The molecule has 0 aliphatic heterocycles. The molecule has 0 atom stereocenters. The number of hydrogen-bond acceptors (Lipinski definition) is 1. The first-order valence-electron chi connectivity index (χ1n) is 8.71. The van der Waals surface area contributed by atoms with Crippen LogP contribution in [0.4, 0.5) is 0 Å². The number of rotatable bonds is 11. The van der Waals surface area contributed by atoms with Crippen molar-refractivity contribution in [3.63, 3.8) is 0 Å². The molecule has 20 heavy (non-hydrogen) atoms. The van der Waals surface area contributed by atoms with Gasteiger partial charge in [-0.25, -0.2) is 0 Å². The Bertz CT molecular complexity index is 333. The summed E-state index contributed by atoms with van der Waals surface area (Å²) in [5, 5.41) is 0. The fourth-order valence-electron chi connectivity index (χ4n) is 2.98. The SMILES string of the molecule is CCCCCCC(CCCCCC)c1ncccc1C. The summed E-state index contributed by atoms with van der Waals surface area (Å²) >= 11 is 0. The van der Waals surface area contributed by atoms with Crippen molar-refractivity contribution >= 4 is 0 Å². The topological polar surface area (TPSA) is 12.9 Å².